The van der Waals surface area contributed by atoms with Crippen molar-refractivity contribution in [3.8, 4) is 0 Å². The van der Waals surface area contributed by atoms with Gasteiger partial charge < -0.3 is 15.4 Å². The van der Waals surface area contributed by atoms with Gasteiger partial charge in [-0.1, -0.05) is 29.8 Å². The third kappa shape index (κ3) is 4.85. The van der Waals surface area contributed by atoms with Crippen LogP contribution in [0.1, 0.15) is 11.1 Å². The van der Waals surface area contributed by atoms with E-state index in [1.165, 1.54) is 5.56 Å². The predicted molar refractivity (Wildman–Crippen MR) is 72.4 cm³/mol. The number of nitrogens with two attached hydrogens (primary N) is 1. The molecule has 4 heteroatoms. The lowest BCUT2D eigenvalue weighted by Gasteiger charge is -2.21. The van der Waals surface area contributed by atoms with Crippen LogP contribution >= 0.6 is 0 Å². The summed E-state index contributed by atoms with van der Waals surface area (Å²) >= 11 is 0. The van der Waals surface area contributed by atoms with E-state index in [1.807, 2.05) is 31.2 Å². The number of ether oxygens (including phenoxy) is 1. The normalized spacial score (nSPS) is 12.2. The Hall–Kier alpha value is -1.39. The number of carbonyl (C=O) groups excluding carboxylic acids is 1. The molecule has 0 heterocycles. The van der Waals surface area contributed by atoms with Gasteiger partial charge in [-0.25, -0.2) is 0 Å². The summed E-state index contributed by atoms with van der Waals surface area (Å²) in [6.07, 6.45) is 0.415. The second kappa shape index (κ2) is 7.13. The SMILES string of the molecule is COCC(N)CN(C)C(=O)Cc1cccc(C)c1. The van der Waals surface area contributed by atoms with Gasteiger partial charge in [0.2, 0.25) is 5.91 Å². The summed E-state index contributed by atoms with van der Waals surface area (Å²) in [5.41, 5.74) is 8.02. The Balaban J connectivity index is 2.49. The van der Waals surface area contributed by atoms with E-state index in [0.29, 0.717) is 19.6 Å². The van der Waals surface area contributed by atoms with Gasteiger partial charge >= 0.3 is 0 Å². The van der Waals surface area contributed by atoms with Gasteiger partial charge in [-0.15, -0.1) is 0 Å². The molecular weight excluding hydrogens is 228 g/mol. The number of aryl methyl sites for hydroxylation is 1. The monoisotopic (exact) mass is 250 g/mol. The summed E-state index contributed by atoms with van der Waals surface area (Å²) in [6, 6.07) is 7.84. The molecule has 2 N–H and O–H groups in total. The molecule has 18 heavy (non-hydrogen) atoms. The third-order valence-corrected chi connectivity index (χ3v) is 2.75. The van der Waals surface area contributed by atoms with E-state index in [4.69, 9.17) is 10.5 Å². The predicted octanol–water partition coefficient (Wildman–Crippen LogP) is 0.970. The van der Waals surface area contributed by atoms with Crippen molar-refractivity contribution in [1.82, 2.24) is 4.90 Å². The fraction of sp³-hybridized carbons (Fsp3) is 0.500. The van der Waals surface area contributed by atoms with Crippen molar-refractivity contribution in [2.75, 3.05) is 27.3 Å². The number of rotatable bonds is 6. The van der Waals surface area contributed by atoms with Gasteiger partial charge in [-0.05, 0) is 12.5 Å². The molecule has 100 valence electrons. The van der Waals surface area contributed by atoms with Crippen LogP contribution in [0.5, 0.6) is 0 Å². The molecule has 1 atom stereocenters. The lowest BCUT2D eigenvalue weighted by atomic mass is 10.1. The Kier molecular flexibility index (Phi) is 5.82. The number of likely N-dealkylation sites (N-methyl/N-ethyl adjacent to an activating group) is 1. The Morgan fingerprint density at radius 2 is 2.22 bits per heavy atom. The largest absolute Gasteiger partial charge is 0.383 e. The molecule has 0 saturated carbocycles. The molecule has 0 saturated heterocycles. The minimum absolute atomic E-state index is 0.0761. The molecule has 0 aromatic heterocycles. The molecular formula is C14H22N2O2. The van der Waals surface area contributed by atoms with Crippen LogP contribution in [0.15, 0.2) is 24.3 Å². The van der Waals surface area contributed by atoms with E-state index in [1.54, 1.807) is 19.1 Å². The van der Waals surface area contributed by atoms with Crippen LogP contribution in [0.3, 0.4) is 0 Å². The molecule has 0 aliphatic heterocycles. The van der Waals surface area contributed by atoms with E-state index in [2.05, 4.69) is 0 Å². The van der Waals surface area contributed by atoms with E-state index in [9.17, 15) is 4.79 Å². The average Bonchev–Trinajstić information content (AvgIpc) is 2.29. The number of amides is 1. The molecule has 0 bridgehead atoms. The van der Waals surface area contributed by atoms with Gasteiger partial charge in [-0.2, -0.15) is 0 Å². The summed E-state index contributed by atoms with van der Waals surface area (Å²) in [6.45, 7) is 2.99. The molecule has 0 radical (unpaired) electrons. The maximum Gasteiger partial charge on any atom is 0.226 e. The van der Waals surface area contributed by atoms with Crippen LogP contribution in [0.25, 0.3) is 0 Å². The maximum absolute atomic E-state index is 12.0. The highest BCUT2D eigenvalue weighted by Gasteiger charge is 2.13. The zero-order valence-corrected chi connectivity index (χ0v) is 11.3. The van der Waals surface area contributed by atoms with Crippen molar-refractivity contribution in [3.05, 3.63) is 35.4 Å². The highest BCUT2D eigenvalue weighted by atomic mass is 16.5. The van der Waals surface area contributed by atoms with Gasteiger partial charge in [0.25, 0.3) is 0 Å². The van der Waals surface area contributed by atoms with E-state index in [0.717, 1.165) is 5.56 Å². The van der Waals surface area contributed by atoms with Crippen LogP contribution in [0.2, 0.25) is 0 Å². The van der Waals surface area contributed by atoms with Gasteiger partial charge in [0.05, 0.1) is 13.0 Å². The quantitative estimate of drug-likeness (QED) is 0.818. The average molecular weight is 250 g/mol. The first kappa shape index (κ1) is 14.7. The van der Waals surface area contributed by atoms with Crippen LogP contribution in [-0.2, 0) is 16.0 Å². The molecule has 1 rings (SSSR count). The van der Waals surface area contributed by atoms with Crippen LogP contribution in [0, 0.1) is 6.92 Å². The van der Waals surface area contributed by atoms with Gasteiger partial charge in [0.15, 0.2) is 0 Å². The Bertz CT molecular complexity index is 393. The smallest absolute Gasteiger partial charge is 0.226 e. The summed E-state index contributed by atoms with van der Waals surface area (Å²) in [5, 5.41) is 0. The summed E-state index contributed by atoms with van der Waals surface area (Å²) in [7, 11) is 3.38. The molecule has 1 unspecified atom stereocenters. The third-order valence-electron chi connectivity index (χ3n) is 2.75. The van der Waals surface area contributed by atoms with Crippen molar-refractivity contribution < 1.29 is 9.53 Å². The van der Waals surface area contributed by atoms with Crippen molar-refractivity contribution >= 4 is 5.91 Å². The molecule has 1 aromatic rings. The maximum atomic E-state index is 12.0. The van der Waals surface area contributed by atoms with Crippen molar-refractivity contribution in [2.24, 2.45) is 5.73 Å². The van der Waals surface area contributed by atoms with E-state index < -0.39 is 0 Å². The number of nitrogens with zero attached hydrogens (tertiary/aromatic N) is 1. The first-order chi connectivity index (χ1) is 8.52. The molecule has 1 amide bonds. The van der Waals surface area contributed by atoms with Gasteiger partial charge in [0.1, 0.15) is 0 Å². The summed E-state index contributed by atoms with van der Waals surface area (Å²) in [5.74, 6) is 0.0761. The molecule has 1 aromatic carbocycles. The number of hydrogen-bond donors (Lipinski definition) is 1. The standard InChI is InChI=1S/C14H22N2O2/c1-11-5-4-6-12(7-11)8-14(17)16(2)9-13(15)10-18-3/h4-7,13H,8-10,15H2,1-3H3. The highest BCUT2D eigenvalue weighted by molar-refractivity contribution is 5.78. The van der Waals surface area contributed by atoms with Gasteiger partial charge in [0, 0.05) is 26.7 Å². The Morgan fingerprint density at radius 3 is 2.83 bits per heavy atom. The first-order valence-corrected chi connectivity index (χ1v) is 6.07. The molecule has 0 spiro atoms. The zero-order valence-electron chi connectivity index (χ0n) is 11.3. The van der Waals surface area contributed by atoms with Crippen LogP contribution in [-0.4, -0.2) is 44.2 Å². The summed E-state index contributed by atoms with van der Waals surface area (Å²) in [4.78, 5) is 13.7. The highest BCUT2D eigenvalue weighted by Crippen LogP contribution is 2.06. The zero-order chi connectivity index (χ0) is 13.5. The Morgan fingerprint density at radius 1 is 1.50 bits per heavy atom. The first-order valence-electron chi connectivity index (χ1n) is 6.07. The van der Waals surface area contributed by atoms with Crippen LogP contribution in [0.4, 0.5) is 0 Å². The lowest BCUT2D eigenvalue weighted by molar-refractivity contribution is -0.129. The van der Waals surface area contributed by atoms with Crippen molar-refractivity contribution in [3.63, 3.8) is 0 Å². The van der Waals surface area contributed by atoms with Crippen molar-refractivity contribution in [1.29, 1.82) is 0 Å². The lowest BCUT2D eigenvalue weighted by Crippen LogP contribution is -2.41. The number of benzene rings is 1. The minimum Gasteiger partial charge on any atom is -0.383 e. The molecule has 4 nitrogen and oxygen atoms in total. The fourth-order valence-corrected chi connectivity index (χ4v) is 1.85. The number of methoxy groups -OCH3 is 1. The fourth-order valence-electron chi connectivity index (χ4n) is 1.85. The van der Waals surface area contributed by atoms with E-state index in [-0.39, 0.29) is 11.9 Å². The number of hydrogen-bond acceptors (Lipinski definition) is 3. The van der Waals surface area contributed by atoms with Gasteiger partial charge in [-0.3, -0.25) is 4.79 Å². The molecule has 0 aliphatic carbocycles. The second-order valence-electron chi connectivity index (χ2n) is 4.66. The molecule has 0 aliphatic rings. The Labute approximate surface area is 109 Å². The van der Waals surface area contributed by atoms with E-state index >= 15 is 0 Å². The van der Waals surface area contributed by atoms with Crippen molar-refractivity contribution in [2.45, 2.75) is 19.4 Å². The minimum atomic E-state index is -0.138. The topological polar surface area (TPSA) is 55.6 Å². The number of carbonyl (C=O) groups is 1. The summed E-state index contributed by atoms with van der Waals surface area (Å²) < 4.78 is 4.96. The van der Waals surface area contributed by atoms with Crippen LogP contribution < -0.4 is 5.73 Å². The second-order valence-corrected chi connectivity index (χ2v) is 4.66. The molecule has 0 fully saturated rings.